The smallest absolute Gasteiger partial charge is 0.184 e. The third-order valence-corrected chi connectivity index (χ3v) is 6.58. The van der Waals surface area contributed by atoms with Crippen LogP contribution in [-0.4, -0.2) is 23.9 Å². The summed E-state index contributed by atoms with van der Waals surface area (Å²) in [5.41, 5.74) is -0.785. The molecule has 3 nitrogen and oxygen atoms in total. The average Bonchev–Trinajstić information content (AvgIpc) is 2.35. The Labute approximate surface area is 115 Å². The van der Waals surface area contributed by atoms with Gasteiger partial charge >= 0.3 is 0 Å². The molecule has 0 radical (unpaired) electrons. The van der Waals surface area contributed by atoms with Crippen LogP contribution in [0.1, 0.15) is 46.0 Å². The molecular formula is C15H22O3S. The quantitative estimate of drug-likeness (QED) is 0.903. The Balaban J connectivity index is 2.16. The molecule has 1 N–H and O–H groups in total. The van der Waals surface area contributed by atoms with Crippen molar-refractivity contribution in [1.29, 1.82) is 0 Å². The molecule has 0 aliphatic heterocycles. The van der Waals surface area contributed by atoms with Gasteiger partial charge in [0.1, 0.15) is 0 Å². The van der Waals surface area contributed by atoms with E-state index in [0.29, 0.717) is 24.2 Å². The zero-order chi connectivity index (χ0) is 14.1. The maximum absolute atomic E-state index is 12.6. The van der Waals surface area contributed by atoms with Crippen molar-refractivity contribution in [2.24, 2.45) is 0 Å². The van der Waals surface area contributed by atoms with Gasteiger partial charge in [-0.2, -0.15) is 0 Å². The molecule has 1 aliphatic carbocycles. The first kappa shape index (κ1) is 14.5. The van der Waals surface area contributed by atoms with Crippen LogP contribution in [0.4, 0.5) is 0 Å². The molecule has 0 spiro atoms. The van der Waals surface area contributed by atoms with E-state index in [1.807, 2.05) is 0 Å². The van der Waals surface area contributed by atoms with Crippen LogP contribution in [-0.2, 0) is 9.84 Å². The maximum atomic E-state index is 12.6. The maximum Gasteiger partial charge on any atom is 0.184 e. The van der Waals surface area contributed by atoms with Crippen LogP contribution in [0, 0.1) is 0 Å². The molecule has 0 amide bonds. The van der Waals surface area contributed by atoms with Gasteiger partial charge in [-0.1, -0.05) is 38.0 Å². The summed E-state index contributed by atoms with van der Waals surface area (Å²) in [4.78, 5) is 0.357. The first-order valence-electron chi connectivity index (χ1n) is 6.85. The van der Waals surface area contributed by atoms with Crippen LogP contribution in [0.25, 0.3) is 0 Å². The van der Waals surface area contributed by atoms with Crippen molar-refractivity contribution in [2.75, 3.05) is 0 Å². The highest BCUT2D eigenvalue weighted by Gasteiger charge is 2.57. The van der Waals surface area contributed by atoms with Crippen molar-refractivity contribution in [3.05, 3.63) is 30.3 Å². The van der Waals surface area contributed by atoms with E-state index in [1.165, 1.54) is 0 Å². The van der Waals surface area contributed by atoms with Gasteiger partial charge in [0.2, 0.25) is 0 Å². The van der Waals surface area contributed by atoms with Gasteiger partial charge in [0.05, 0.1) is 15.2 Å². The van der Waals surface area contributed by atoms with Crippen molar-refractivity contribution in [2.45, 2.75) is 61.2 Å². The van der Waals surface area contributed by atoms with Gasteiger partial charge in [-0.25, -0.2) is 8.42 Å². The largest absolute Gasteiger partial charge is 0.390 e. The molecular weight excluding hydrogens is 260 g/mol. The van der Waals surface area contributed by atoms with Crippen LogP contribution in [0.15, 0.2) is 35.2 Å². The standard InChI is InChI=1S/C15H22O3S/c1-3-4-10-15(16)11-14(2,12-15)19(17,18)13-8-6-5-7-9-13/h5-9,16H,3-4,10-12H2,1-2H3. The van der Waals surface area contributed by atoms with Gasteiger partial charge in [0, 0.05) is 0 Å². The van der Waals surface area contributed by atoms with Crippen LogP contribution >= 0.6 is 0 Å². The highest BCUT2D eigenvalue weighted by Crippen LogP contribution is 2.50. The summed E-state index contributed by atoms with van der Waals surface area (Å²) >= 11 is 0. The minimum absolute atomic E-state index is 0.344. The second kappa shape index (κ2) is 4.91. The summed E-state index contributed by atoms with van der Waals surface area (Å²) in [7, 11) is -3.36. The molecule has 0 heterocycles. The van der Waals surface area contributed by atoms with Crippen molar-refractivity contribution in [3.63, 3.8) is 0 Å². The monoisotopic (exact) mass is 282 g/mol. The summed E-state index contributed by atoms with van der Waals surface area (Å²) in [5, 5.41) is 10.3. The van der Waals surface area contributed by atoms with Crippen LogP contribution < -0.4 is 0 Å². The fourth-order valence-corrected chi connectivity index (χ4v) is 5.10. The Bertz CT molecular complexity index is 528. The minimum atomic E-state index is -3.36. The van der Waals surface area contributed by atoms with Gasteiger partial charge in [0.25, 0.3) is 0 Å². The first-order valence-corrected chi connectivity index (χ1v) is 8.33. The molecule has 4 heteroatoms. The summed E-state index contributed by atoms with van der Waals surface area (Å²) in [5.74, 6) is 0. The van der Waals surface area contributed by atoms with Crippen molar-refractivity contribution in [1.82, 2.24) is 0 Å². The molecule has 1 saturated carbocycles. The highest BCUT2D eigenvalue weighted by atomic mass is 32.2. The summed E-state index contributed by atoms with van der Waals surface area (Å²) in [6.45, 7) is 3.82. The third kappa shape index (κ3) is 2.56. The lowest BCUT2D eigenvalue weighted by Gasteiger charge is -2.50. The molecule has 0 aromatic heterocycles. The molecule has 0 saturated heterocycles. The lowest BCUT2D eigenvalue weighted by atomic mass is 9.69. The summed E-state index contributed by atoms with van der Waals surface area (Å²) < 4.78 is 24.4. The number of unbranched alkanes of at least 4 members (excludes halogenated alkanes) is 1. The van der Waals surface area contributed by atoms with E-state index in [1.54, 1.807) is 37.3 Å². The van der Waals surface area contributed by atoms with Crippen molar-refractivity contribution in [3.8, 4) is 0 Å². The van der Waals surface area contributed by atoms with Crippen molar-refractivity contribution >= 4 is 9.84 Å². The fraction of sp³-hybridized carbons (Fsp3) is 0.600. The molecule has 1 aromatic rings. The van der Waals surface area contributed by atoms with E-state index in [2.05, 4.69) is 6.92 Å². The molecule has 2 rings (SSSR count). The number of sulfone groups is 1. The normalized spacial score (nSPS) is 30.9. The van der Waals surface area contributed by atoms with Gasteiger partial charge in [0.15, 0.2) is 9.84 Å². The second-order valence-corrected chi connectivity index (χ2v) is 8.41. The van der Waals surface area contributed by atoms with Crippen LogP contribution in [0.2, 0.25) is 0 Å². The Morgan fingerprint density at radius 2 is 1.79 bits per heavy atom. The average molecular weight is 282 g/mol. The SMILES string of the molecule is CCCCC1(O)CC(C)(S(=O)(=O)c2ccccc2)C1. The molecule has 1 fully saturated rings. The van der Waals surface area contributed by atoms with Crippen molar-refractivity contribution < 1.29 is 13.5 Å². The second-order valence-electron chi connectivity index (χ2n) is 5.95. The Morgan fingerprint density at radius 3 is 2.32 bits per heavy atom. The van der Waals surface area contributed by atoms with Crippen LogP contribution in [0.5, 0.6) is 0 Å². The number of rotatable bonds is 5. The van der Waals surface area contributed by atoms with E-state index in [0.717, 1.165) is 12.8 Å². The minimum Gasteiger partial charge on any atom is -0.390 e. The predicted molar refractivity (Wildman–Crippen MR) is 75.7 cm³/mol. The summed E-state index contributed by atoms with van der Waals surface area (Å²) in [6.07, 6.45) is 3.35. The topological polar surface area (TPSA) is 54.4 Å². The van der Waals surface area contributed by atoms with E-state index in [4.69, 9.17) is 0 Å². The lowest BCUT2D eigenvalue weighted by molar-refractivity contribution is -0.0641. The number of hydrogen-bond acceptors (Lipinski definition) is 3. The zero-order valence-electron chi connectivity index (χ0n) is 11.6. The van der Waals surface area contributed by atoms with Gasteiger partial charge in [-0.15, -0.1) is 0 Å². The molecule has 19 heavy (non-hydrogen) atoms. The molecule has 1 aromatic carbocycles. The summed E-state index contributed by atoms with van der Waals surface area (Å²) in [6, 6.07) is 8.53. The number of benzene rings is 1. The molecule has 0 unspecified atom stereocenters. The molecule has 0 bridgehead atoms. The number of aliphatic hydroxyl groups is 1. The number of hydrogen-bond donors (Lipinski definition) is 1. The van der Waals surface area contributed by atoms with E-state index >= 15 is 0 Å². The Kier molecular flexibility index (Phi) is 3.76. The Hall–Kier alpha value is -0.870. The fourth-order valence-electron chi connectivity index (χ4n) is 3.10. The van der Waals surface area contributed by atoms with Gasteiger partial charge < -0.3 is 5.11 Å². The van der Waals surface area contributed by atoms with Gasteiger partial charge in [-0.05, 0) is 38.3 Å². The highest BCUT2D eigenvalue weighted by molar-refractivity contribution is 7.92. The first-order chi connectivity index (χ1) is 8.83. The van der Waals surface area contributed by atoms with E-state index < -0.39 is 20.2 Å². The predicted octanol–water partition coefficient (Wildman–Crippen LogP) is 2.93. The Morgan fingerprint density at radius 1 is 1.21 bits per heavy atom. The van der Waals surface area contributed by atoms with Crippen LogP contribution in [0.3, 0.4) is 0 Å². The van der Waals surface area contributed by atoms with Gasteiger partial charge in [-0.3, -0.25) is 0 Å². The third-order valence-electron chi connectivity index (χ3n) is 4.10. The zero-order valence-corrected chi connectivity index (χ0v) is 12.4. The van der Waals surface area contributed by atoms with E-state index in [-0.39, 0.29) is 0 Å². The molecule has 0 atom stereocenters. The van der Waals surface area contributed by atoms with E-state index in [9.17, 15) is 13.5 Å². The molecule has 1 aliphatic rings. The lowest BCUT2D eigenvalue weighted by Crippen LogP contribution is -2.58. The molecule has 106 valence electrons.